The normalized spacial score (nSPS) is 9.83. The lowest BCUT2D eigenvalue weighted by atomic mass is 10.1. The third kappa shape index (κ3) is 6.40. The van der Waals surface area contributed by atoms with Gasteiger partial charge in [0.25, 0.3) is 0 Å². The smallest absolute Gasteiger partial charge is 0.159 e. The van der Waals surface area contributed by atoms with Crippen molar-refractivity contribution in [3.8, 4) is 0 Å². The molecule has 0 amide bonds. The van der Waals surface area contributed by atoms with Crippen molar-refractivity contribution in [2.75, 3.05) is 0 Å². The van der Waals surface area contributed by atoms with Gasteiger partial charge in [0.15, 0.2) is 11.6 Å². The van der Waals surface area contributed by atoms with E-state index in [9.17, 15) is 18.4 Å². The largest absolute Gasteiger partial charge is 0.295 e. The van der Waals surface area contributed by atoms with Gasteiger partial charge in [-0.1, -0.05) is 15.9 Å². The van der Waals surface area contributed by atoms with Crippen LogP contribution in [0.3, 0.4) is 0 Å². The first-order chi connectivity index (χ1) is 10.7. The zero-order chi connectivity index (χ0) is 17.6. The zero-order valence-electron chi connectivity index (χ0n) is 13.1. The molecule has 0 unspecified atom stereocenters. The molecule has 0 atom stereocenters. The highest BCUT2D eigenvalue weighted by atomic mass is 79.9. The van der Waals surface area contributed by atoms with Crippen LogP contribution in [0.2, 0.25) is 0 Å². The number of carbonyl (C=O) groups is 2. The van der Waals surface area contributed by atoms with Crippen molar-refractivity contribution < 1.29 is 18.4 Å². The lowest BCUT2D eigenvalue weighted by Crippen LogP contribution is -1.94. The van der Waals surface area contributed by atoms with E-state index in [-0.39, 0.29) is 23.2 Å². The lowest BCUT2D eigenvalue weighted by Gasteiger charge is -1.99. The van der Waals surface area contributed by atoms with Crippen molar-refractivity contribution in [2.24, 2.45) is 0 Å². The minimum Gasteiger partial charge on any atom is -0.295 e. The van der Waals surface area contributed by atoms with Crippen LogP contribution < -0.4 is 0 Å². The van der Waals surface area contributed by atoms with Crippen LogP contribution in [-0.2, 0) is 5.33 Å². The minimum atomic E-state index is -0.364. The lowest BCUT2D eigenvalue weighted by molar-refractivity contribution is 0.100. The highest BCUT2D eigenvalue weighted by molar-refractivity contribution is 9.08. The van der Waals surface area contributed by atoms with E-state index >= 15 is 0 Å². The van der Waals surface area contributed by atoms with E-state index in [1.807, 2.05) is 0 Å². The van der Waals surface area contributed by atoms with Crippen molar-refractivity contribution in [3.63, 3.8) is 0 Å². The molecule has 0 spiro atoms. The van der Waals surface area contributed by atoms with Crippen molar-refractivity contribution in [3.05, 3.63) is 70.3 Å². The van der Waals surface area contributed by atoms with Crippen LogP contribution in [0.5, 0.6) is 0 Å². The van der Waals surface area contributed by atoms with Crippen LogP contribution >= 0.6 is 15.9 Å². The Morgan fingerprint density at radius 2 is 1.35 bits per heavy atom. The summed E-state index contributed by atoms with van der Waals surface area (Å²) in [7, 11) is 0. The Hall–Kier alpha value is -1.88. The van der Waals surface area contributed by atoms with E-state index in [1.54, 1.807) is 19.1 Å². The molecule has 0 heterocycles. The minimum absolute atomic E-state index is 0.104. The molecule has 2 rings (SSSR count). The van der Waals surface area contributed by atoms with Crippen molar-refractivity contribution >= 4 is 27.5 Å². The third-order valence-electron chi connectivity index (χ3n) is 2.97. The van der Waals surface area contributed by atoms with Gasteiger partial charge in [0.05, 0.1) is 0 Å². The maximum Gasteiger partial charge on any atom is 0.159 e. The van der Waals surface area contributed by atoms with Gasteiger partial charge in [0, 0.05) is 16.5 Å². The maximum atomic E-state index is 12.8. The Bertz CT molecular complexity index is 707. The van der Waals surface area contributed by atoms with Crippen LogP contribution in [0.1, 0.15) is 45.7 Å². The molecule has 0 aliphatic heterocycles. The Kier molecular flexibility index (Phi) is 7.23. The van der Waals surface area contributed by atoms with Crippen LogP contribution in [0, 0.1) is 18.6 Å². The number of hydrogen-bond acceptors (Lipinski definition) is 2. The number of halogens is 3. The van der Waals surface area contributed by atoms with Crippen LogP contribution in [0.4, 0.5) is 8.78 Å². The average Bonchev–Trinajstić information content (AvgIpc) is 2.46. The van der Waals surface area contributed by atoms with Gasteiger partial charge in [-0.25, -0.2) is 8.78 Å². The molecule has 23 heavy (non-hydrogen) atoms. The summed E-state index contributed by atoms with van der Waals surface area (Å²) >= 11 is 3.20. The van der Waals surface area contributed by atoms with E-state index < -0.39 is 0 Å². The molecule has 0 aromatic heterocycles. The number of aryl methyl sites for hydroxylation is 1. The first kappa shape index (κ1) is 19.2. The van der Waals surface area contributed by atoms with E-state index in [4.69, 9.17) is 0 Å². The predicted molar refractivity (Wildman–Crippen MR) is 90.2 cm³/mol. The molecule has 0 aliphatic carbocycles. The Morgan fingerprint density at radius 3 is 1.78 bits per heavy atom. The fraction of sp³-hybridized carbons (Fsp3) is 0.222. The second-order valence-corrected chi connectivity index (χ2v) is 5.67. The van der Waals surface area contributed by atoms with Gasteiger partial charge in [-0.2, -0.15) is 0 Å². The number of ketones is 2. The Labute approximate surface area is 142 Å². The summed E-state index contributed by atoms with van der Waals surface area (Å²) in [6, 6.07) is 8.64. The molecule has 122 valence electrons. The van der Waals surface area contributed by atoms with E-state index in [1.165, 1.54) is 38.1 Å². The summed E-state index contributed by atoms with van der Waals surface area (Å²) in [6.45, 7) is 4.61. The van der Waals surface area contributed by atoms with Gasteiger partial charge in [-0.05, 0) is 68.3 Å². The fourth-order valence-electron chi connectivity index (χ4n) is 1.87. The van der Waals surface area contributed by atoms with Crippen molar-refractivity contribution in [1.82, 2.24) is 0 Å². The van der Waals surface area contributed by atoms with E-state index in [2.05, 4.69) is 15.9 Å². The molecular weight excluding hydrogens is 366 g/mol. The van der Waals surface area contributed by atoms with Gasteiger partial charge >= 0.3 is 0 Å². The highest BCUT2D eigenvalue weighted by Crippen LogP contribution is 2.12. The average molecular weight is 383 g/mol. The number of alkyl halides is 1. The van der Waals surface area contributed by atoms with Gasteiger partial charge in [-0.3, -0.25) is 9.59 Å². The van der Waals surface area contributed by atoms with E-state index in [0.29, 0.717) is 16.5 Å². The summed E-state index contributed by atoms with van der Waals surface area (Å²) in [5.74, 6) is -0.934. The first-order valence-electron chi connectivity index (χ1n) is 6.87. The molecule has 0 N–H and O–H groups in total. The number of Topliss-reactive ketones (excluding diaryl/α,β-unsaturated/α-hetero) is 2. The fourth-order valence-corrected chi connectivity index (χ4v) is 2.19. The molecule has 2 aromatic carbocycles. The maximum absolute atomic E-state index is 12.8. The molecule has 5 heteroatoms. The predicted octanol–water partition coefficient (Wildman–Crippen LogP) is 5.26. The second kappa shape index (κ2) is 8.67. The molecule has 0 saturated heterocycles. The molecule has 2 aromatic rings. The topological polar surface area (TPSA) is 34.1 Å². The molecule has 2 nitrogen and oxygen atoms in total. The molecule has 0 saturated carbocycles. The number of rotatable bonds is 3. The molecule has 0 bridgehead atoms. The third-order valence-corrected chi connectivity index (χ3v) is 3.61. The van der Waals surface area contributed by atoms with Gasteiger partial charge in [-0.15, -0.1) is 0 Å². The van der Waals surface area contributed by atoms with E-state index in [0.717, 1.165) is 11.1 Å². The number of carbonyl (C=O) groups excluding carboxylic acids is 2. The first-order valence-corrected chi connectivity index (χ1v) is 7.99. The molecule has 0 fully saturated rings. The number of benzene rings is 2. The van der Waals surface area contributed by atoms with Crippen molar-refractivity contribution in [1.29, 1.82) is 0 Å². The van der Waals surface area contributed by atoms with Crippen LogP contribution in [-0.4, -0.2) is 11.6 Å². The standard InChI is InChI=1S/C9H8BrFO.C9H9FO/c1-6(12)8-2-7(5-10)3-9(11)4-8;1-6-3-8(7(2)11)5-9(10)4-6/h2-4H,5H2,1H3;3-5H,1-2H3. The summed E-state index contributed by atoms with van der Waals surface area (Å²) in [6.07, 6.45) is 0. The quantitative estimate of drug-likeness (QED) is 0.535. The summed E-state index contributed by atoms with van der Waals surface area (Å²) in [4.78, 5) is 21.7. The summed E-state index contributed by atoms with van der Waals surface area (Å²) in [5, 5.41) is 0.561. The number of hydrogen-bond donors (Lipinski definition) is 0. The van der Waals surface area contributed by atoms with Crippen molar-refractivity contribution in [2.45, 2.75) is 26.1 Å². The van der Waals surface area contributed by atoms with Crippen LogP contribution in [0.25, 0.3) is 0 Å². The van der Waals surface area contributed by atoms with Crippen LogP contribution in [0.15, 0.2) is 36.4 Å². The highest BCUT2D eigenvalue weighted by Gasteiger charge is 2.03. The Morgan fingerprint density at radius 1 is 0.870 bits per heavy atom. The summed E-state index contributed by atoms with van der Waals surface area (Å²) in [5.41, 5.74) is 2.40. The SMILES string of the molecule is CC(=O)c1cc(C)cc(F)c1.CC(=O)c1cc(F)cc(CBr)c1. The summed E-state index contributed by atoms with van der Waals surface area (Å²) < 4.78 is 25.4. The Balaban J connectivity index is 0.000000231. The van der Waals surface area contributed by atoms with Gasteiger partial charge < -0.3 is 0 Å². The molecule has 0 aliphatic rings. The van der Waals surface area contributed by atoms with Gasteiger partial charge in [0.2, 0.25) is 0 Å². The molecule has 0 radical (unpaired) electrons. The second-order valence-electron chi connectivity index (χ2n) is 5.11. The monoisotopic (exact) mass is 382 g/mol. The molecular formula is C18H17BrF2O2. The zero-order valence-corrected chi connectivity index (χ0v) is 14.7. The van der Waals surface area contributed by atoms with Gasteiger partial charge in [0.1, 0.15) is 11.6 Å².